The molecule has 0 aliphatic heterocycles. The van der Waals surface area contributed by atoms with E-state index in [1.165, 1.54) is 19.3 Å². The van der Waals surface area contributed by atoms with Crippen molar-refractivity contribution in [3.63, 3.8) is 0 Å². The van der Waals surface area contributed by atoms with Crippen LogP contribution in [-0.4, -0.2) is 59.5 Å². The molecular formula is C29H39F21. The molecule has 0 aromatic rings. The number of alkyl halides is 21. The van der Waals surface area contributed by atoms with Gasteiger partial charge in [-0.1, -0.05) is 110 Å². The average molecular weight is 787 g/mol. The van der Waals surface area contributed by atoms with Crippen molar-refractivity contribution in [3.8, 4) is 0 Å². The van der Waals surface area contributed by atoms with Crippen LogP contribution in [0.3, 0.4) is 0 Å². The molecule has 0 aromatic heterocycles. The molecule has 21 heteroatoms. The fourth-order valence-electron chi connectivity index (χ4n) is 4.82. The van der Waals surface area contributed by atoms with Gasteiger partial charge in [-0.15, -0.1) is 0 Å². The predicted octanol–water partition coefficient (Wildman–Crippen LogP) is 14.3. The van der Waals surface area contributed by atoms with Crippen LogP contribution in [0.1, 0.15) is 122 Å². The van der Waals surface area contributed by atoms with Crippen molar-refractivity contribution in [1.82, 2.24) is 0 Å². The van der Waals surface area contributed by atoms with E-state index in [0.29, 0.717) is 19.3 Å². The number of rotatable bonds is 26. The summed E-state index contributed by atoms with van der Waals surface area (Å²) < 4.78 is 283. The molecule has 0 aliphatic rings. The molecule has 0 atom stereocenters. The third-order valence-electron chi connectivity index (χ3n) is 8.17. The van der Waals surface area contributed by atoms with Gasteiger partial charge in [0.05, 0.1) is 0 Å². The Morgan fingerprint density at radius 3 is 0.680 bits per heavy atom. The van der Waals surface area contributed by atoms with Gasteiger partial charge in [0.15, 0.2) is 0 Å². The number of hydrogen-bond donors (Lipinski definition) is 0. The Kier molecular flexibility index (Phi) is 17.1. The van der Waals surface area contributed by atoms with Crippen LogP contribution < -0.4 is 0 Å². The third kappa shape index (κ3) is 9.74. The fraction of sp³-hybridized carbons (Fsp3) is 1.00. The lowest BCUT2D eigenvalue weighted by Crippen LogP contribution is -2.76. The zero-order chi connectivity index (χ0) is 39.7. The molecule has 0 unspecified atom stereocenters. The van der Waals surface area contributed by atoms with Gasteiger partial charge in [0.25, 0.3) is 0 Å². The second-order valence-electron chi connectivity index (χ2n) is 12.2. The van der Waals surface area contributed by atoms with E-state index in [4.69, 9.17) is 0 Å². The second-order valence-corrected chi connectivity index (χ2v) is 12.2. The van der Waals surface area contributed by atoms with Gasteiger partial charge in [0.2, 0.25) is 0 Å². The van der Waals surface area contributed by atoms with Crippen LogP contribution in [0, 0.1) is 0 Å². The predicted molar refractivity (Wildman–Crippen MR) is 139 cm³/mol. The zero-order valence-corrected chi connectivity index (χ0v) is 26.7. The molecule has 0 fully saturated rings. The summed E-state index contributed by atoms with van der Waals surface area (Å²) in [4.78, 5) is 0. The Morgan fingerprint density at radius 1 is 0.240 bits per heavy atom. The van der Waals surface area contributed by atoms with Gasteiger partial charge in [0, 0.05) is 6.42 Å². The first kappa shape index (κ1) is 48.5. The Balaban J connectivity index is 5.31. The van der Waals surface area contributed by atoms with E-state index in [0.717, 1.165) is 51.4 Å². The number of halogens is 21. The maximum absolute atomic E-state index is 14.0. The summed E-state index contributed by atoms with van der Waals surface area (Å²) in [5.74, 6) is -76.3. The van der Waals surface area contributed by atoms with E-state index < -0.39 is 78.7 Å². The molecule has 0 bridgehead atoms. The van der Waals surface area contributed by atoms with Crippen LogP contribution in [0.5, 0.6) is 0 Å². The Hall–Kier alpha value is -1.47. The van der Waals surface area contributed by atoms with E-state index in [2.05, 4.69) is 6.92 Å². The second kappa shape index (κ2) is 17.6. The zero-order valence-electron chi connectivity index (χ0n) is 26.7. The van der Waals surface area contributed by atoms with E-state index in [-0.39, 0.29) is 6.42 Å². The summed E-state index contributed by atoms with van der Waals surface area (Å²) in [7, 11) is 0. The molecular weight excluding hydrogens is 747 g/mol. The van der Waals surface area contributed by atoms with Gasteiger partial charge >= 0.3 is 59.5 Å². The molecule has 0 rings (SSSR count). The summed E-state index contributed by atoms with van der Waals surface area (Å²) in [6.45, 7) is 2.11. The molecule has 0 amide bonds. The molecule has 0 nitrogen and oxygen atoms in total. The highest BCUT2D eigenvalue weighted by Gasteiger charge is 2.97. The Labute approximate surface area is 274 Å². The van der Waals surface area contributed by atoms with Gasteiger partial charge in [-0.05, 0) is 6.42 Å². The maximum atomic E-state index is 14.0. The van der Waals surface area contributed by atoms with Crippen LogP contribution in [0.4, 0.5) is 92.2 Å². The molecule has 0 N–H and O–H groups in total. The van der Waals surface area contributed by atoms with Crippen LogP contribution in [0.25, 0.3) is 0 Å². The van der Waals surface area contributed by atoms with Gasteiger partial charge in [-0.25, -0.2) is 0 Å². The molecule has 302 valence electrons. The van der Waals surface area contributed by atoms with Crippen LogP contribution in [-0.2, 0) is 0 Å². The number of hydrogen-bond acceptors (Lipinski definition) is 0. The van der Waals surface area contributed by atoms with Crippen LogP contribution >= 0.6 is 0 Å². The van der Waals surface area contributed by atoms with Crippen molar-refractivity contribution < 1.29 is 92.2 Å². The molecule has 0 aliphatic carbocycles. The molecule has 0 saturated heterocycles. The lowest BCUT2D eigenvalue weighted by molar-refractivity contribution is -0.474. The van der Waals surface area contributed by atoms with Gasteiger partial charge in [-0.2, -0.15) is 92.2 Å². The summed E-state index contributed by atoms with van der Waals surface area (Å²) in [6.07, 6.45) is 1.07. The van der Waals surface area contributed by atoms with Crippen LogP contribution in [0.2, 0.25) is 0 Å². The molecule has 50 heavy (non-hydrogen) atoms. The summed E-state index contributed by atoms with van der Waals surface area (Å²) in [5.41, 5.74) is 0. The largest absolute Gasteiger partial charge is 0.460 e. The molecule has 0 radical (unpaired) electrons. The third-order valence-corrected chi connectivity index (χ3v) is 8.17. The average Bonchev–Trinajstić information content (AvgIpc) is 2.97. The number of unbranched alkanes of at least 4 members (excludes halogenated alkanes) is 16. The minimum atomic E-state index is -9.13. The van der Waals surface area contributed by atoms with Crippen LogP contribution in [0.15, 0.2) is 0 Å². The van der Waals surface area contributed by atoms with Crippen molar-refractivity contribution in [2.24, 2.45) is 0 Å². The topological polar surface area (TPSA) is 0 Å². The first-order valence-electron chi connectivity index (χ1n) is 15.8. The SMILES string of the molecule is CCCCCCCCCCCCCCCCCCCC(F)(F)C(F)(F)C(F)(F)C(F)(F)C(F)(F)C(F)(F)C(F)(F)C(F)(F)C(F)(F)C(F)(F)F. The molecule has 0 heterocycles. The minimum absolute atomic E-state index is 0.0115. The van der Waals surface area contributed by atoms with Gasteiger partial charge < -0.3 is 0 Å². The summed E-state index contributed by atoms with van der Waals surface area (Å²) in [6, 6.07) is 0. The van der Waals surface area contributed by atoms with Crippen molar-refractivity contribution in [2.45, 2.75) is 182 Å². The first-order chi connectivity index (χ1) is 22.3. The lowest BCUT2D eigenvalue weighted by atomic mass is 9.85. The standard InChI is InChI=1S/C29H39F21/c1-2-3-4-5-6-7-8-9-10-11-12-13-14-15-16-17-18-19-20(30,31)21(32,33)22(34,35)23(36,37)24(38,39)25(40,41)26(42,43)27(44,45)28(46,47)29(48,49)50/h2-19H2,1H3. The van der Waals surface area contributed by atoms with Crippen molar-refractivity contribution >= 4 is 0 Å². The van der Waals surface area contributed by atoms with Crippen molar-refractivity contribution in [3.05, 3.63) is 0 Å². The molecule has 0 saturated carbocycles. The van der Waals surface area contributed by atoms with E-state index in [9.17, 15) is 92.2 Å². The Bertz CT molecular complexity index is 984. The summed E-state index contributed by atoms with van der Waals surface area (Å²) in [5, 5.41) is 0. The van der Waals surface area contributed by atoms with Crippen molar-refractivity contribution in [1.29, 1.82) is 0 Å². The highest BCUT2D eigenvalue weighted by atomic mass is 19.4. The van der Waals surface area contributed by atoms with E-state index in [1.54, 1.807) is 0 Å². The van der Waals surface area contributed by atoms with E-state index in [1.807, 2.05) is 0 Å². The smallest absolute Gasteiger partial charge is 0.200 e. The maximum Gasteiger partial charge on any atom is 0.460 e. The molecule has 0 spiro atoms. The monoisotopic (exact) mass is 786 g/mol. The first-order valence-corrected chi connectivity index (χ1v) is 15.8. The fourth-order valence-corrected chi connectivity index (χ4v) is 4.82. The Morgan fingerprint density at radius 2 is 0.440 bits per heavy atom. The van der Waals surface area contributed by atoms with Crippen molar-refractivity contribution in [2.75, 3.05) is 0 Å². The summed E-state index contributed by atoms with van der Waals surface area (Å²) >= 11 is 0. The molecule has 0 aromatic carbocycles. The highest BCUT2D eigenvalue weighted by molar-refractivity contribution is 5.17. The van der Waals surface area contributed by atoms with Gasteiger partial charge in [0.1, 0.15) is 0 Å². The van der Waals surface area contributed by atoms with E-state index >= 15 is 0 Å². The quantitative estimate of drug-likeness (QED) is 0.0605. The minimum Gasteiger partial charge on any atom is -0.200 e. The van der Waals surface area contributed by atoms with Gasteiger partial charge in [-0.3, -0.25) is 0 Å². The lowest BCUT2D eigenvalue weighted by Gasteiger charge is -2.44. The highest BCUT2D eigenvalue weighted by Crippen LogP contribution is 2.66. The normalized spacial score (nSPS) is 15.2.